The van der Waals surface area contributed by atoms with Crippen molar-refractivity contribution in [1.82, 2.24) is 0 Å². The highest BCUT2D eigenvalue weighted by Gasteiger charge is 2.37. The molecular weight excluding hydrogens is 339 g/mol. The molecule has 118 valence electrons. The van der Waals surface area contributed by atoms with Crippen molar-refractivity contribution in [2.24, 2.45) is 0 Å². The average Bonchev–Trinajstić information content (AvgIpc) is 2.40. The van der Waals surface area contributed by atoms with E-state index in [0.29, 0.717) is 16.7 Å². The zero-order chi connectivity index (χ0) is 16.5. The Bertz CT molecular complexity index is 787. The summed E-state index contributed by atoms with van der Waals surface area (Å²) in [7, 11) is -4.18. The lowest BCUT2D eigenvalue weighted by molar-refractivity contribution is -0.139. The van der Waals surface area contributed by atoms with Crippen molar-refractivity contribution in [3.05, 3.63) is 58.6 Å². The van der Waals surface area contributed by atoms with Gasteiger partial charge in [0.25, 0.3) is 0 Å². The lowest BCUT2D eigenvalue weighted by Gasteiger charge is -2.14. The molecule has 0 aliphatic rings. The molecule has 0 aliphatic carbocycles. The van der Waals surface area contributed by atoms with E-state index in [1.807, 2.05) is 0 Å². The van der Waals surface area contributed by atoms with E-state index in [4.69, 9.17) is 17.3 Å². The third-order valence-corrected chi connectivity index (χ3v) is 4.91. The number of alkyl halides is 3. The first-order chi connectivity index (χ1) is 10.1. The molecule has 2 aromatic rings. The Morgan fingerprint density at radius 1 is 1.05 bits per heavy atom. The van der Waals surface area contributed by atoms with Crippen molar-refractivity contribution in [3.63, 3.8) is 0 Å². The molecule has 22 heavy (non-hydrogen) atoms. The Morgan fingerprint density at radius 2 is 1.64 bits per heavy atom. The molecule has 0 amide bonds. The summed E-state index contributed by atoms with van der Waals surface area (Å²) in [6.07, 6.45) is -4.81. The highest BCUT2D eigenvalue weighted by Crippen LogP contribution is 2.36. The number of benzene rings is 2. The van der Waals surface area contributed by atoms with Gasteiger partial charge in [-0.1, -0.05) is 23.7 Å². The largest absolute Gasteiger partial charge is 0.417 e. The molecule has 0 fully saturated rings. The fourth-order valence-corrected chi connectivity index (χ4v) is 3.62. The van der Waals surface area contributed by atoms with Crippen LogP contribution >= 0.6 is 11.6 Å². The number of hydrogen-bond donors (Lipinski definition) is 1. The van der Waals surface area contributed by atoms with Gasteiger partial charge in [0.2, 0.25) is 0 Å². The van der Waals surface area contributed by atoms with Gasteiger partial charge in [0, 0.05) is 10.7 Å². The zero-order valence-corrected chi connectivity index (χ0v) is 12.6. The van der Waals surface area contributed by atoms with Gasteiger partial charge in [-0.25, -0.2) is 8.42 Å². The maximum Gasteiger partial charge on any atom is 0.417 e. The lowest BCUT2D eigenvalue weighted by atomic mass is 10.2. The minimum Gasteiger partial charge on any atom is -0.399 e. The summed E-state index contributed by atoms with van der Waals surface area (Å²) in [5, 5.41) is 0.407. The Balaban J connectivity index is 2.48. The number of sulfone groups is 1. The van der Waals surface area contributed by atoms with E-state index in [-0.39, 0.29) is 5.69 Å². The summed E-state index contributed by atoms with van der Waals surface area (Å²) < 4.78 is 63.6. The molecule has 2 rings (SSSR count). The smallest absolute Gasteiger partial charge is 0.399 e. The van der Waals surface area contributed by atoms with Gasteiger partial charge in [-0.05, 0) is 35.9 Å². The normalized spacial score (nSPS) is 12.4. The summed E-state index contributed by atoms with van der Waals surface area (Å²) in [5.74, 6) is -0.558. The Hall–Kier alpha value is -1.73. The molecular formula is C14H11ClF3NO2S. The molecule has 3 nitrogen and oxygen atoms in total. The number of rotatable bonds is 3. The maximum atomic E-state index is 13.0. The number of hydrogen-bond acceptors (Lipinski definition) is 3. The van der Waals surface area contributed by atoms with Crippen molar-refractivity contribution in [1.29, 1.82) is 0 Å². The van der Waals surface area contributed by atoms with Crippen LogP contribution in [0.5, 0.6) is 0 Å². The molecule has 0 aromatic heterocycles. The van der Waals surface area contributed by atoms with Crippen LogP contribution < -0.4 is 5.73 Å². The SMILES string of the molecule is Nc1ccc(S(=O)(=O)Cc2ccc(Cl)cc2)c(C(F)(F)F)c1. The standard InChI is InChI=1S/C14H11ClF3NO2S/c15-10-3-1-9(2-4-10)8-22(20,21)13-6-5-11(19)7-12(13)14(16,17)18/h1-7H,8,19H2. The van der Waals surface area contributed by atoms with Crippen molar-refractivity contribution in [2.45, 2.75) is 16.8 Å². The van der Waals surface area contributed by atoms with Crippen molar-refractivity contribution in [3.8, 4) is 0 Å². The molecule has 8 heteroatoms. The quantitative estimate of drug-likeness (QED) is 0.854. The van der Waals surface area contributed by atoms with Crippen molar-refractivity contribution < 1.29 is 21.6 Å². The van der Waals surface area contributed by atoms with E-state index in [1.54, 1.807) is 0 Å². The second-order valence-electron chi connectivity index (χ2n) is 4.64. The molecule has 0 aliphatic heterocycles. The summed E-state index contributed by atoms with van der Waals surface area (Å²) in [6, 6.07) is 8.47. The Kier molecular flexibility index (Phi) is 4.39. The van der Waals surface area contributed by atoms with Crippen LogP contribution in [0.1, 0.15) is 11.1 Å². The number of nitrogens with two attached hydrogens (primary N) is 1. The third-order valence-electron chi connectivity index (χ3n) is 2.91. The van der Waals surface area contributed by atoms with E-state index in [2.05, 4.69) is 0 Å². The van der Waals surface area contributed by atoms with E-state index in [0.717, 1.165) is 12.1 Å². The predicted octanol–water partition coefficient (Wildman–Crippen LogP) is 3.91. The molecule has 0 unspecified atom stereocenters. The van der Waals surface area contributed by atoms with Crippen LogP contribution in [0.25, 0.3) is 0 Å². The van der Waals surface area contributed by atoms with Gasteiger partial charge < -0.3 is 5.73 Å². The molecule has 0 heterocycles. The topological polar surface area (TPSA) is 60.2 Å². The number of anilines is 1. The maximum absolute atomic E-state index is 13.0. The van der Waals surface area contributed by atoms with Crippen LogP contribution in [0.2, 0.25) is 5.02 Å². The van der Waals surface area contributed by atoms with Crippen LogP contribution in [0.15, 0.2) is 47.4 Å². The van der Waals surface area contributed by atoms with Crippen LogP contribution in [-0.4, -0.2) is 8.42 Å². The van der Waals surface area contributed by atoms with Crippen LogP contribution in [-0.2, 0) is 21.8 Å². The van der Waals surface area contributed by atoms with E-state index >= 15 is 0 Å². The van der Waals surface area contributed by atoms with Crippen LogP contribution in [0, 0.1) is 0 Å². The summed E-state index contributed by atoms with van der Waals surface area (Å²) in [4.78, 5) is -0.788. The molecule has 2 aromatic carbocycles. The van der Waals surface area contributed by atoms with Crippen molar-refractivity contribution in [2.75, 3.05) is 5.73 Å². The number of halogens is 4. The number of nitrogen functional groups attached to an aromatic ring is 1. The first kappa shape index (κ1) is 16.6. The third kappa shape index (κ3) is 3.72. The predicted molar refractivity (Wildman–Crippen MR) is 78.2 cm³/mol. The Labute approximate surface area is 130 Å². The molecule has 0 saturated carbocycles. The molecule has 0 spiro atoms. The monoisotopic (exact) mass is 349 g/mol. The van der Waals surface area contributed by atoms with E-state index < -0.39 is 32.2 Å². The fourth-order valence-electron chi connectivity index (χ4n) is 1.92. The van der Waals surface area contributed by atoms with Crippen LogP contribution in [0.4, 0.5) is 18.9 Å². The molecule has 0 bridgehead atoms. The molecule has 0 radical (unpaired) electrons. The van der Waals surface area contributed by atoms with E-state index in [9.17, 15) is 21.6 Å². The fraction of sp³-hybridized carbons (Fsp3) is 0.143. The zero-order valence-electron chi connectivity index (χ0n) is 11.1. The van der Waals surface area contributed by atoms with Gasteiger partial charge in [-0.3, -0.25) is 0 Å². The first-order valence-electron chi connectivity index (χ1n) is 6.03. The minimum atomic E-state index is -4.81. The Morgan fingerprint density at radius 3 is 2.18 bits per heavy atom. The molecule has 2 N–H and O–H groups in total. The summed E-state index contributed by atoms with van der Waals surface area (Å²) in [6.45, 7) is 0. The van der Waals surface area contributed by atoms with Gasteiger partial charge >= 0.3 is 6.18 Å². The summed E-state index contributed by atoms with van der Waals surface area (Å²) >= 11 is 5.69. The van der Waals surface area contributed by atoms with Crippen LogP contribution in [0.3, 0.4) is 0 Å². The highest BCUT2D eigenvalue weighted by molar-refractivity contribution is 7.90. The highest BCUT2D eigenvalue weighted by atomic mass is 35.5. The molecule has 0 saturated heterocycles. The van der Waals surface area contributed by atoms with Crippen molar-refractivity contribution >= 4 is 27.1 Å². The second-order valence-corrected chi connectivity index (χ2v) is 7.03. The lowest BCUT2D eigenvalue weighted by Crippen LogP contribution is -2.15. The van der Waals surface area contributed by atoms with Gasteiger partial charge in [0.1, 0.15) is 0 Å². The minimum absolute atomic E-state index is 0.155. The van der Waals surface area contributed by atoms with Gasteiger partial charge in [0.05, 0.1) is 16.2 Å². The second kappa shape index (κ2) is 5.81. The molecule has 0 atom stereocenters. The van der Waals surface area contributed by atoms with Gasteiger partial charge in [-0.15, -0.1) is 0 Å². The van der Waals surface area contributed by atoms with Gasteiger partial charge in [0.15, 0.2) is 9.84 Å². The van der Waals surface area contributed by atoms with Gasteiger partial charge in [-0.2, -0.15) is 13.2 Å². The first-order valence-corrected chi connectivity index (χ1v) is 8.06. The summed E-state index contributed by atoms with van der Waals surface area (Å²) in [5.41, 5.74) is 4.25. The van der Waals surface area contributed by atoms with E-state index in [1.165, 1.54) is 24.3 Å². The average molecular weight is 350 g/mol.